The van der Waals surface area contributed by atoms with Crippen LogP contribution in [0.4, 0.5) is 0 Å². The van der Waals surface area contributed by atoms with Crippen LogP contribution < -0.4 is 4.74 Å². The van der Waals surface area contributed by atoms with Gasteiger partial charge in [0.1, 0.15) is 11.8 Å². The summed E-state index contributed by atoms with van der Waals surface area (Å²) in [6.45, 7) is 0.487. The zero-order valence-electron chi connectivity index (χ0n) is 7.17. The molecule has 5 heteroatoms. The Kier molecular flexibility index (Phi) is 2.61. The minimum absolute atomic E-state index is 0.367. The van der Waals surface area contributed by atoms with Gasteiger partial charge in [-0.3, -0.25) is 0 Å². The Morgan fingerprint density at radius 1 is 1.36 bits per heavy atom. The van der Waals surface area contributed by atoms with E-state index in [-0.39, 0.29) is 6.04 Å². The van der Waals surface area contributed by atoms with Crippen LogP contribution in [0.2, 0.25) is 10.0 Å². The fourth-order valence-corrected chi connectivity index (χ4v) is 1.80. The van der Waals surface area contributed by atoms with Crippen LogP contribution in [0.5, 0.6) is 5.75 Å². The Balaban J connectivity index is 2.52. The molecule has 1 aromatic carbocycles. The number of hydrogen-bond acceptors (Lipinski definition) is 3. The Morgan fingerprint density at radius 2 is 2.07 bits per heavy atom. The molecular formula is C9H7Cl2NO2. The second-order valence-electron chi connectivity index (χ2n) is 3.06. The van der Waals surface area contributed by atoms with Crippen LogP contribution in [-0.2, 0) is 0 Å². The number of fused-ring (bicyclic) bond motifs is 1. The van der Waals surface area contributed by atoms with Crippen LogP contribution in [-0.4, -0.2) is 6.61 Å². The number of benzene rings is 1. The molecular weight excluding hydrogens is 225 g/mol. The first-order valence-corrected chi connectivity index (χ1v) is 4.92. The summed E-state index contributed by atoms with van der Waals surface area (Å²) in [6, 6.07) is 2.90. The predicted molar refractivity (Wildman–Crippen MR) is 55.1 cm³/mol. The van der Waals surface area contributed by atoms with Crippen LogP contribution >= 0.6 is 23.2 Å². The zero-order chi connectivity index (χ0) is 10.1. The molecule has 0 N–H and O–H groups in total. The van der Waals surface area contributed by atoms with Crippen molar-refractivity contribution in [3.05, 3.63) is 32.6 Å². The highest BCUT2D eigenvalue weighted by Gasteiger charge is 2.23. The van der Waals surface area contributed by atoms with Gasteiger partial charge in [0, 0.05) is 18.1 Å². The lowest BCUT2D eigenvalue weighted by atomic mass is 10.0. The SMILES string of the molecule is O=NC1CCOc2cc(Cl)c(Cl)cc21. The highest BCUT2D eigenvalue weighted by atomic mass is 35.5. The van der Waals surface area contributed by atoms with Gasteiger partial charge in [0.15, 0.2) is 0 Å². The van der Waals surface area contributed by atoms with Crippen LogP contribution in [0.15, 0.2) is 17.3 Å². The average Bonchev–Trinajstić information content (AvgIpc) is 2.19. The molecule has 0 radical (unpaired) electrons. The van der Waals surface area contributed by atoms with Gasteiger partial charge in [0.2, 0.25) is 0 Å². The first-order valence-electron chi connectivity index (χ1n) is 4.16. The van der Waals surface area contributed by atoms with Crippen molar-refractivity contribution in [1.82, 2.24) is 0 Å². The summed E-state index contributed by atoms with van der Waals surface area (Å²) in [6.07, 6.45) is 0.592. The van der Waals surface area contributed by atoms with E-state index in [0.29, 0.717) is 28.8 Å². The molecule has 0 aliphatic carbocycles. The van der Waals surface area contributed by atoms with Crippen molar-refractivity contribution < 1.29 is 4.74 Å². The molecule has 0 bridgehead atoms. The highest BCUT2D eigenvalue weighted by Crippen LogP contribution is 2.39. The summed E-state index contributed by atoms with van der Waals surface area (Å²) >= 11 is 11.7. The molecule has 1 heterocycles. The molecule has 0 amide bonds. The molecule has 0 saturated carbocycles. The summed E-state index contributed by atoms with van der Waals surface area (Å²) in [4.78, 5) is 10.5. The predicted octanol–water partition coefficient (Wildman–Crippen LogP) is 3.58. The molecule has 0 fully saturated rings. The molecule has 1 aliphatic heterocycles. The number of ether oxygens (including phenoxy) is 1. The summed E-state index contributed by atoms with van der Waals surface area (Å²) in [7, 11) is 0. The van der Waals surface area contributed by atoms with Crippen molar-refractivity contribution in [2.75, 3.05) is 6.61 Å². The van der Waals surface area contributed by atoms with Gasteiger partial charge in [0.05, 0.1) is 16.7 Å². The maximum atomic E-state index is 10.5. The van der Waals surface area contributed by atoms with Crippen LogP contribution in [0, 0.1) is 4.91 Å². The lowest BCUT2D eigenvalue weighted by molar-refractivity contribution is 0.269. The monoisotopic (exact) mass is 231 g/mol. The minimum Gasteiger partial charge on any atom is -0.493 e. The van der Waals surface area contributed by atoms with Gasteiger partial charge < -0.3 is 4.74 Å². The molecule has 1 aromatic rings. The van der Waals surface area contributed by atoms with Crippen LogP contribution in [0.25, 0.3) is 0 Å². The lowest BCUT2D eigenvalue weighted by Crippen LogP contribution is -2.12. The van der Waals surface area contributed by atoms with E-state index < -0.39 is 0 Å². The van der Waals surface area contributed by atoms with E-state index in [1.807, 2.05) is 0 Å². The van der Waals surface area contributed by atoms with E-state index in [9.17, 15) is 4.91 Å². The second kappa shape index (κ2) is 3.75. The van der Waals surface area contributed by atoms with E-state index in [2.05, 4.69) is 5.18 Å². The maximum absolute atomic E-state index is 10.5. The van der Waals surface area contributed by atoms with Crippen LogP contribution in [0.1, 0.15) is 18.0 Å². The maximum Gasteiger partial charge on any atom is 0.126 e. The van der Waals surface area contributed by atoms with Crippen molar-refractivity contribution in [3.63, 3.8) is 0 Å². The molecule has 1 aliphatic rings. The zero-order valence-corrected chi connectivity index (χ0v) is 8.68. The first kappa shape index (κ1) is 9.74. The number of hydrogen-bond donors (Lipinski definition) is 0. The summed E-state index contributed by atoms with van der Waals surface area (Å²) in [5.41, 5.74) is 0.723. The Morgan fingerprint density at radius 3 is 2.79 bits per heavy atom. The van der Waals surface area contributed by atoms with Gasteiger partial charge >= 0.3 is 0 Å². The molecule has 3 nitrogen and oxygen atoms in total. The third-order valence-electron chi connectivity index (χ3n) is 2.19. The molecule has 74 valence electrons. The van der Waals surface area contributed by atoms with Crippen molar-refractivity contribution in [2.45, 2.75) is 12.5 Å². The van der Waals surface area contributed by atoms with E-state index in [0.717, 1.165) is 5.56 Å². The standard InChI is InChI=1S/C9H7Cl2NO2/c10-6-3-5-8(12-13)1-2-14-9(5)4-7(6)11/h3-4,8H,1-2H2. The lowest BCUT2D eigenvalue weighted by Gasteiger charge is -2.21. The number of nitrogens with zero attached hydrogens (tertiary/aromatic N) is 1. The third-order valence-corrected chi connectivity index (χ3v) is 2.91. The van der Waals surface area contributed by atoms with E-state index in [1.165, 1.54) is 0 Å². The van der Waals surface area contributed by atoms with E-state index in [4.69, 9.17) is 27.9 Å². The van der Waals surface area contributed by atoms with Crippen molar-refractivity contribution >= 4 is 23.2 Å². The molecule has 14 heavy (non-hydrogen) atoms. The molecule has 0 saturated heterocycles. The van der Waals surface area contributed by atoms with Gasteiger partial charge in [-0.1, -0.05) is 28.4 Å². The van der Waals surface area contributed by atoms with Crippen molar-refractivity contribution in [3.8, 4) is 5.75 Å². The average molecular weight is 232 g/mol. The number of nitroso groups, excluding NO2 is 1. The highest BCUT2D eigenvalue weighted by molar-refractivity contribution is 6.42. The third kappa shape index (κ3) is 1.57. The van der Waals surface area contributed by atoms with E-state index in [1.54, 1.807) is 12.1 Å². The Labute approximate surface area is 90.9 Å². The Hall–Kier alpha value is -0.800. The molecule has 0 spiro atoms. The fourth-order valence-electron chi connectivity index (χ4n) is 1.47. The van der Waals surface area contributed by atoms with Gasteiger partial charge in [-0.25, -0.2) is 0 Å². The quantitative estimate of drug-likeness (QED) is 0.694. The smallest absolute Gasteiger partial charge is 0.126 e. The van der Waals surface area contributed by atoms with Crippen molar-refractivity contribution in [1.29, 1.82) is 0 Å². The summed E-state index contributed by atoms with van der Waals surface area (Å²) in [5.74, 6) is 0.607. The number of rotatable bonds is 1. The Bertz CT molecular complexity index is 381. The summed E-state index contributed by atoms with van der Waals surface area (Å²) in [5, 5.41) is 3.88. The molecule has 1 unspecified atom stereocenters. The van der Waals surface area contributed by atoms with Gasteiger partial charge in [-0.05, 0) is 6.07 Å². The normalized spacial score (nSPS) is 19.7. The van der Waals surface area contributed by atoms with E-state index >= 15 is 0 Å². The van der Waals surface area contributed by atoms with Crippen LogP contribution in [0.3, 0.4) is 0 Å². The molecule has 2 rings (SSSR count). The molecule has 0 aromatic heterocycles. The largest absolute Gasteiger partial charge is 0.493 e. The van der Waals surface area contributed by atoms with Gasteiger partial charge in [-0.2, -0.15) is 4.91 Å². The molecule has 1 atom stereocenters. The van der Waals surface area contributed by atoms with Gasteiger partial charge in [0.25, 0.3) is 0 Å². The summed E-state index contributed by atoms with van der Waals surface area (Å²) < 4.78 is 5.35. The van der Waals surface area contributed by atoms with Gasteiger partial charge in [-0.15, -0.1) is 0 Å². The first-order chi connectivity index (χ1) is 6.72. The topological polar surface area (TPSA) is 38.7 Å². The fraction of sp³-hybridized carbons (Fsp3) is 0.333. The minimum atomic E-state index is -0.367. The second-order valence-corrected chi connectivity index (χ2v) is 3.88. The number of halogens is 2. The van der Waals surface area contributed by atoms with Crippen molar-refractivity contribution in [2.24, 2.45) is 5.18 Å².